The summed E-state index contributed by atoms with van der Waals surface area (Å²) in [5, 5.41) is 14.9. The lowest BCUT2D eigenvalue weighted by Gasteiger charge is -2.25. The van der Waals surface area contributed by atoms with Gasteiger partial charge < -0.3 is 20.6 Å². The van der Waals surface area contributed by atoms with Gasteiger partial charge >= 0.3 is 6.03 Å². The summed E-state index contributed by atoms with van der Waals surface area (Å²) >= 11 is 0. The molecule has 0 spiro atoms. The highest BCUT2D eigenvalue weighted by Gasteiger charge is 2.22. The molecule has 4 amide bonds. The lowest BCUT2D eigenvalue weighted by molar-refractivity contribution is -0.136. The molecule has 3 N–H and O–H groups in total. The lowest BCUT2D eigenvalue weighted by Crippen LogP contribution is -2.45. The maximum Gasteiger partial charge on any atom is 0.314 e. The third-order valence-electron chi connectivity index (χ3n) is 4.38. The second kappa shape index (κ2) is 9.72. The summed E-state index contributed by atoms with van der Waals surface area (Å²) < 4.78 is 0. The van der Waals surface area contributed by atoms with Gasteiger partial charge in [-0.25, -0.2) is 4.79 Å². The van der Waals surface area contributed by atoms with Crippen LogP contribution in [0, 0.1) is 0 Å². The standard InChI is InChI=1S/C19H26N4O4/c1-22(2)15(12-14-4-6-16(24)7-5-14)13-21-19(27)20-10-3-11-23-17(25)8-9-18(23)26/h4-9,15,24H,3,10-13H2,1-2H3,(H2,20,21,27). The predicted octanol–water partition coefficient (Wildman–Crippen LogP) is 0.479. The van der Waals surface area contributed by atoms with Crippen molar-refractivity contribution in [3.63, 3.8) is 0 Å². The van der Waals surface area contributed by atoms with Gasteiger partial charge in [-0.1, -0.05) is 12.1 Å². The molecule has 8 nitrogen and oxygen atoms in total. The molecule has 0 fully saturated rings. The summed E-state index contributed by atoms with van der Waals surface area (Å²) in [6.07, 6.45) is 3.73. The summed E-state index contributed by atoms with van der Waals surface area (Å²) in [5.41, 5.74) is 1.07. The van der Waals surface area contributed by atoms with Crippen LogP contribution in [-0.2, 0) is 16.0 Å². The van der Waals surface area contributed by atoms with E-state index >= 15 is 0 Å². The van der Waals surface area contributed by atoms with Crippen molar-refractivity contribution in [1.82, 2.24) is 20.4 Å². The topological polar surface area (TPSA) is 102 Å². The first-order valence-electron chi connectivity index (χ1n) is 8.86. The molecule has 0 saturated heterocycles. The average molecular weight is 374 g/mol. The predicted molar refractivity (Wildman–Crippen MR) is 101 cm³/mol. The van der Waals surface area contributed by atoms with Gasteiger partial charge in [0.2, 0.25) is 0 Å². The molecule has 1 aliphatic heterocycles. The molecule has 1 aliphatic rings. The number of imide groups is 1. The van der Waals surface area contributed by atoms with Gasteiger partial charge in [0.1, 0.15) is 5.75 Å². The fourth-order valence-corrected chi connectivity index (χ4v) is 2.71. The fraction of sp³-hybridized carbons (Fsp3) is 0.421. The first-order chi connectivity index (χ1) is 12.9. The van der Waals surface area contributed by atoms with Gasteiger partial charge in [-0.3, -0.25) is 14.5 Å². The smallest absolute Gasteiger partial charge is 0.314 e. The zero-order valence-corrected chi connectivity index (χ0v) is 15.6. The highest BCUT2D eigenvalue weighted by atomic mass is 16.3. The van der Waals surface area contributed by atoms with E-state index in [-0.39, 0.29) is 36.2 Å². The van der Waals surface area contributed by atoms with Crippen molar-refractivity contribution in [1.29, 1.82) is 0 Å². The maximum atomic E-state index is 12.0. The average Bonchev–Trinajstić information content (AvgIpc) is 2.95. The molecule has 27 heavy (non-hydrogen) atoms. The van der Waals surface area contributed by atoms with Crippen molar-refractivity contribution in [2.75, 3.05) is 33.7 Å². The molecular weight excluding hydrogens is 348 g/mol. The Bertz CT molecular complexity index is 682. The Labute approximate surface area is 158 Å². The van der Waals surface area contributed by atoms with Crippen molar-refractivity contribution < 1.29 is 19.5 Å². The molecule has 146 valence electrons. The van der Waals surface area contributed by atoms with Crippen molar-refractivity contribution in [2.24, 2.45) is 0 Å². The van der Waals surface area contributed by atoms with E-state index < -0.39 is 0 Å². The number of aromatic hydroxyl groups is 1. The van der Waals surface area contributed by atoms with Crippen molar-refractivity contribution >= 4 is 17.8 Å². The van der Waals surface area contributed by atoms with Crippen LogP contribution in [0.1, 0.15) is 12.0 Å². The lowest BCUT2D eigenvalue weighted by atomic mass is 10.1. The van der Waals surface area contributed by atoms with Crippen LogP contribution in [0.3, 0.4) is 0 Å². The molecule has 0 saturated carbocycles. The van der Waals surface area contributed by atoms with Gasteiger partial charge in [-0.05, 0) is 44.6 Å². The minimum absolute atomic E-state index is 0.103. The van der Waals surface area contributed by atoms with E-state index in [1.807, 2.05) is 31.1 Å². The van der Waals surface area contributed by atoms with Gasteiger partial charge in [-0.15, -0.1) is 0 Å². The second-order valence-corrected chi connectivity index (χ2v) is 6.64. The number of phenolic OH excluding ortho intramolecular Hbond substituents is 1. The molecule has 0 bridgehead atoms. The molecule has 2 rings (SSSR count). The Morgan fingerprint density at radius 3 is 2.33 bits per heavy atom. The Morgan fingerprint density at radius 2 is 1.74 bits per heavy atom. The van der Waals surface area contributed by atoms with Gasteiger partial charge in [0.15, 0.2) is 0 Å². The summed E-state index contributed by atoms with van der Waals surface area (Å²) in [7, 11) is 3.89. The maximum absolute atomic E-state index is 12.0. The summed E-state index contributed by atoms with van der Waals surface area (Å²) in [5.74, 6) is -0.397. The van der Waals surface area contributed by atoms with E-state index in [2.05, 4.69) is 10.6 Å². The number of benzene rings is 1. The molecule has 8 heteroatoms. The Balaban J connectivity index is 1.68. The zero-order chi connectivity index (χ0) is 19.8. The van der Waals surface area contributed by atoms with E-state index in [0.717, 1.165) is 16.9 Å². The number of urea groups is 1. The van der Waals surface area contributed by atoms with Crippen LogP contribution < -0.4 is 10.6 Å². The Hall–Kier alpha value is -2.87. The number of rotatable bonds is 9. The number of nitrogens with one attached hydrogen (secondary N) is 2. The third-order valence-corrected chi connectivity index (χ3v) is 4.38. The van der Waals surface area contributed by atoms with Crippen LogP contribution in [0.4, 0.5) is 4.79 Å². The van der Waals surface area contributed by atoms with Crippen LogP contribution in [0.5, 0.6) is 5.75 Å². The number of phenols is 1. The van der Waals surface area contributed by atoms with Gasteiger partial charge in [0.25, 0.3) is 11.8 Å². The monoisotopic (exact) mass is 374 g/mol. The van der Waals surface area contributed by atoms with Crippen LogP contribution in [0.15, 0.2) is 36.4 Å². The van der Waals surface area contributed by atoms with Gasteiger partial charge in [0.05, 0.1) is 0 Å². The van der Waals surface area contributed by atoms with Crippen molar-refractivity contribution in [3.8, 4) is 5.75 Å². The largest absolute Gasteiger partial charge is 0.508 e. The van der Waals surface area contributed by atoms with Crippen LogP contribution in [-0.4, -0.2) is 72.5 Å². The minimum Gasteiger partial charge on any atom is -0.508 e. The summed E-state index contributed by atoms with van der Waals surface area (Å²) in [6.45, 7) is 1.12. The molecule has 0 aromatic heterocycles. The molecule has 1 aromatic carbocycles. The molecule has 1 atom stereocenters. The van der Waals surface area contributed by atoms with Gasteiger partial charge in [0, 0.05) is 37.8 Å². The number of carbonyl (C=O) groups excluding carboxylic acids is 3. The number of hydrogen-bond acceptors (Lipinski definition) is 5. The third kappa shape index (κ3) is 6.41. The number of likely N-dealkylation sites (N-methyl/N-ethyl adjacent to an activating group) is 1. The second-order valence-electron chi connectivity index (χ2n) is 6.64. The van der Waals surface area contributed by atoms with E-state index in [9.17, 15) is 19.5 Å². The zero-order valence-electron chi connectivity index (χ0n) is 15.6. The summed E-state index contributed by atoms with van der Waals surface area (Å²) in [4.78, 5) is 38.0. The first-order valence-corrected chi connectivity index (χ1v) is 8.86. The van der Waals surface area contributed by atoms with E-state index in [0.29, 0.717) is 19.5 Å². The highest BCUT2D eigenvalue weighted by molar-refractivity contribution is 6.12. The number of hydrogen-bond donors (Lipinski definition) is 3. The Morgan fingerprint density at radius 1 is 1.11 bits per heavy atom. The van der Waals surface area contributed by atoms with Crippen molar-refractivity contribution in [2.45, 2.75) is 18.9 Å². The molecule has 1 aromatic rings. The molecule has 1 unspecified atom stereocenters. The van der Waals surface area contributed by atoms with E-state index in [1.54, 1.807) is 12.1 Å². The van der Waals surface area contributed by atoms with Crippen LogP contribution in [0.25, 0.3) is 0 Å². The van der Waals surface area contributed by atoms with E-state index in [4.69, 9.17) is 0 Å². The van der Waals surface area contributed by atoms with Gasteiger partial charge in [-0.2, -0.15) is 0 Å². The highest BCUT2D eigenvalue weighted by Crippen LogP contribution is 2.12. The first kappa shape index (κ1) is 20.4. The summed E-state index contributed by atoms with van der Waals surface area (Å²) in [6, 6.07) is 6.83. The fourth-order valence-electron chi connectivity index (χ4n) is 2.71. The number of carbonyl (C=O) groups is 3. The van der Waals surface area contributed by atoms with Crippen molar-refractivity contribution in [3.05, 3.63) is 42.0 Å². The van der Waals surface area contributed by atoms with Crippen LogP contribution >= 0.6 is 0 Å². The molecule has 0 radical (unpaired) electrons. The SMILES string of the molecule is CN(C)C(CNC(=O)NCCCN1C(=O)C=CC1=O)Cc1ccc(O)cc1. The normalized spacial score (nSPS) is 14.7. The number of nitrogens with zero attached hydrogens (tertiary/aromatic N) is 2. The minimum atomic E-state index is -0.312. The van der Waals surface area contributed by atoms with E-state index in [1.165, 1.54) is 12.2 Å². The number of amides is 4. The Kier molecular flexibility index (Phi) is 7.36. The molecule has 1 heterocycles. The molecular formula is C19H26N4O4. The van der Waals surface area contributed by atoms with Crippen LogP contribution in [0.2, 0.25) is 0 Å². The quantitative estimate of drug-likeness (QED) is 0.431. The molecule has 0 aliphatic carbocycles.